The van der Waals surface area contributed by atoms with Crippen molar-refractivity contribution in [3.05, 3.63) is 36.0 Å². The molecule has 1 aromatic heterocycles. The predicted octanol–water partition coefficient (Wildman–Crippen LogP) is 2.38. The number of carbonyl (C=O) groups is 2. The maximum absolute atomic E-state index is 12.1. The molecular formula is C17H19N3O3. The third kappa shape index (κ3) is 3.51. The Labute approximate surface area is 134 Å². The molecule has 0 radical (unpaired) electrons. The average molecular weight is 313 g/mol. The van der Waals surface area contributed by atoms with Crippen molar-refractivity contribution >= 4 is 22.8 Å². The maximum atomic E-state index is 12.1. The summed E-state index contributed by atoms with van der Waals surface area (Å²) in [5.74, 6) is -1.16. The lowest BCUT2D eigenvalue weighted by Crippen LogP contribution is -2.50. The van der Waals surface area contributed by atoms with Crippen LogP contribution in [0.1, 0.15) is 31.1 Å². The van der Waals surface area contributed by atoms with Crippen molar-refractivity contribution in [2.24, 2.45) is 5.92 Å². The van der Waals surface area contributed by atoms with Gasteiger partial charge in [-0.15, -0.1) is 0 Å². The highest BCUT2D eigenvalue weighted by atomic mass is 16.5. The number of para-hydroxylation sites is 1. The summed E-state index contributed by atoms with van der Waals surface area (Å²) in [6.07, 6.45) is 1.55. The van der Waals surface area contributed by atoms with Gasteiger partial charge in [-0.1, -0.05) is 32.0 Å². The number of hydrogen-bond donors (Lipinski definition) is 2. The zero-order valence-electron chi connectivity index (χ0n) is 13.3. The van der Waals surface area contributed by atoms with Crippen LogP contribution in [0.5, 0.6) is 0 Å². The van der Waals surface area contributed by atoms with Crippen LogP contribution >= 0.6 is 0 Å². The van der Waals surface area contributed by atoms with Gasteiger partial charge >= 0.3 is 5.97 Å². The summed E-state index contributed by atoms with van der Waals surface area (Å²) in [4.78, 5) is 27.0. The van der Waals surface area contributed by atoms with Crippen LogP contribution in [0.15, 0.2) is 30.5 Å². The lowest BCUT2D eigenvalue weighted by atomic mass is 9.90. The van der Waals surface area contributed by atoms with E-state index in [1.54, 1.807) is 19.2 Å². The van der Waals surface area contributed by atoms with E-state index in [4.69, 9.17) is 4.74 Å². The molecule has 0 aliphatic carbocycles. The van der Waals surface area contributed by atoms with E-state index in [9.17, 15) is 14.9 Å². The number of hydrogen-bond acceptors (Lipinski definition) is 4. The third-order valence-electron chi connectivity index (χ3n) is 3.93. The van der Waals surface area contributed by atoms with E-state index in [1.165, 1.54) is 0 Å². The van der Waals surface area contributed by atoms with Gasteiger partial charge in [0.15, 0.2) is 6.61 Å². The van der Waals surface area contributed by atoms with Gasteiger partial charge in [0.2, 0.25) is 0 Å². The number of nitrogens with one attached hydrogen (secondary N) is 2. The molecule has 1 amide bonds. The molecule has 2 aromatic rings. The fraction of sp³-hybridized carbons (Fsp3) is 0.353. The smallest absolute Gasteiger partial charge is 0.340 e. The van der Waals surface area contributed by atoms with Crippen LogP contribution in [0.3, 0.4) is 0 Å². The largest absolute Gasteiger partial charge is 0.452 e. The summed E-state index contributed by atoms with van der Waals surface area (Å²) in [6, 6.07) is 9.39. The minimum absolute atomic E-state index is 0.0687. The van der Waals surface area contributed by atoms with Crippen molar-refractivity contribution in [1.29, 1.82) is 5.26 Å². The minimum Gasteiger partial charge on any atom is -0.452 e. The van der Waals surface area contributed by atoms with E-state index >= 15 is 0 Å². The highest BCUT2D eigenvalue weighted by molar-refractivity contribution is 6.04. The van der Waals surface area contributed by atoms with Crippen LogP contribution in [-0.2, 0) is 9.53 Å². The molecule has 0 unspecified atom stereocenters. The molecule has 0 fully saturated rings. The third-order valence-corrected chi connectivity index (χ3v) is 3.93. The van der Waals surface area contributed by atoms with Crippen molar-refractivity contribution in [2.75, 3.05) is 6.61 Å². The molecule has 0 spiro atoms. The van der Waals surface area contributed by atoms with E-state index in [0.717, 1.165) is 10.9 Å². The Morgan fingerprint density at radius 1 is 1.39 bits per heavy atom. The van der Waals surface area contributed by atoms with Crippen LogP contribution in [0.25, 0.3) is 10.9 Å². The molecule has 0 bridgehead atoms. The van der Waals surface area contributed by atoms with E-state index in [1.807, 2.05) is 32.0 Å². The molecule has 0 aliphatic rings. The second-order valence-electron chi connectivity index (χ2n) is 5.84. The highest BCUT2D eigenvalue weighted by Gasteiger charge is 2.30. The first kappa shape index (κ1) is 16.6. The Balaban J connectivity index is 2.00. The van der Waals surface area contributed by atoms with Gasteiger partial charge in [-0.3, -0.25) is 4.79 Å². The van der Waals surface area contributed by atoms with Crippen LogP contribution in [0.2, 0.25) is 0 Å². The van der Waals surface area contributed by atoms with Crippen LogP contribution in [0, 0.1) is 17.2 Å². The molecule has 2 rings (SSSR count). The number of amides is 1. The number of aromatic nitrogens is 1. The van der Waals surface area contributed by atoms with Gasteiger partial charge in [-0.05, 0) is 18.9 Å². The minimum atomic E-state index is -0.996. The van der Waals surface area contributed by atoms with Gasteiger partial charge in [0.05, 0.1) is 11.6 Å². The van der Waals surface area contributed by atoms with Crippen molar-refractivity contribution in [3.8, 4) is 6.07 Å². The number of carbonyl (C=O) groups excluding carboxylic acids is 2. The van der Waals surface area contributed by atoms with Gasteiger partial charge in [-0.2, -0.15) is 5.26 Å². The number of H-pyrrole nitrogens is 1. The Morgan fingerprint density at radius 2 is 2.09 bits per heavy atom. The lowest BCUT2D eigenvalue weighted by Gasteiger charge is -2.27. The van der Waals surface area contributed by atoms with Gasteiger partial charge in [0.1, 0.15) is 5.54 Å². The van der Waals surface area contributed by atoms with E-state index < -0.39 is 24.0 Å². The molecule has 1 atom stereocenters. The van der Waals surface area contributed by atoms with E-state index in [0.29, 0.717) is 5.56 Å². The summed E-state index contributed by atoms with van der Waals surface area (Å²) in [5.41, 5.74) is 0.200. The topological polar surface area (TPSA) is 95.0 Å². The molecule has 23 heavy (non-hydrogen) atoms. The predicted molar refractivity (Wildman–Crippen MR) is 85.6 cm³/mol. The zero-order chi connectivity index (χ0) is 17.0. The van der Waals surface area contributed by atoms with Crippen LogP contribution in [0.4, 0.5) is 0 Å². The normalized spacial score (nSPS) is 13.3. The van der Waals surface area contributed by atoms with E-state index in [2.05, 4.69) is 16.4 Å². The van der Waals surface area contributed by atoms with Gasteiger partial charge < -0.3 is 15.0 Å². The lowest BCUT2D eigenvalue weighted by molar-refractivity contribution is -0.125. The molecule has 120 valence electrons. The molecule has 0 aliphatic heterocycles. The Hall–Kier alpha value is -2.81. The van der Waals surface area contributed by atoms with Crippen molar-refractivity contribution in [3.63, 3.8) is 0 Å². The average Bonchev–Trinajstić information content (AvgIpc) is 2.96. The first-order valence-electron chi connectivity index (χ1n) is 7.33. The van der Waals surface area contributed by atoms with Crippen LogP contribution < -0.4 is 5.32 Å². The molecule has 0 saturated carbocycles. The monoisotopic (exact) mass is 313 g/mol. The first-order valence-corrected chi connectivity index (χ1v) is 7.33. The van der Waals surface area contributed by atoms with E-state index in [-0.39, 0.29) is 5.92 Å². The molecule has 6 heteroatoms. The summed E-state index contributed by atoms with van der Waals surface area (Å²) in [5, 5.41) is 12.5. The molecule has 1 heterocycles. The molecule has 2 N–H and O–H groups in total. The summed E-state index contributed by atoms with van der Waals surface area (Å²) < 4.78 is 5.05. The van der Waals surface area contributed by atoms with Gasteiger partial charge in [0.25, 0.3) is 5.91 Å². The van der Waals surface area contributed by atoms with Gasteiger partial charge in [-0.25, -0.2) is 4.79 Å². The Bertz CT molecular complexity index is 773. The zero-order valence-corrected chi connectivity index (χ0v) is 13.3. The fourth-order valence-electron chi connectivity index (χ4n) is 2.08. The number of esters is 1. The van der Waals surface area contributed by atoms with Crippen molar-refractivity contribution in [2.45, 2.75) is 26.3 Å². The first-order chi connectivity index (χ1) is 10.9. The second-order valence-corrected chi connectivity index (χ2v) is 5.84. The SMILES string of the molecule is CC(C)[C@](C)(C#N)NC(=O)COC(=O)c1c[nH]c2ccccc12. The number of ether oxygens (including phenoxy) is 1. The summed E-state index contributed by atoms with van der Waals surface area (Å²) in [6.45, 7) is 4.88. The fourth-order valence-corrected chi connectivity index (χ4v) is 2.08. The van der Waals surface area contributed by atoms with Crippen molar-refractivity contribution in [1.82, 2.24) is 10.3 Å². The highest BCUT2D eigenvalue weighted by Crippen LogP contribution is 2.18. The number of rotatable bonds is 5. The van der Waals surface area contributed by atoms with Crippen LogP contribution in [-0.4, -0.2) is 29.0 Å². The number of fused-ring (bicyclic) bond motifs is 1. The van der Waals surface area contributed by atoms with Gasteiger partial charge in [0, 0.05) is 17.1 Å². The molecule has 1 aromatic carbocycles. The molecular weight excluding hydrogens is 294 g/mol. The number of nitriles is 1. The van der Waals surface area contributed by atoms with Crippen molar-refractivity contribution < 1.29 is 14.3 Å². The number of nitrogens with zero attached hydrogens (tertiary/aromatic N) is 1. The summed E-state index contributed by atoms with van der Waals surface area (Å²) in [7, 11) is 0. The molecule has 6 nitrogen and oxygen atoms in total. The maximum Gasteiger partial charge on any atom is 0.340 e. The summed E-state index contributed by atoms with van der Waals surface area (Å²) >= 11 is 0. The number of benzene rings is 1. The number of aromatic amines is 1. The molecule has 0 saturated heterocycles. The Kier molecular flexibility index (Phi) is 4.70. The standard InChI is InChI=1S/C17H19N3O3/c1-11(2)17(3,10-18)20-15(21)9-23-16(22)13-8-19-14-7-5-4-6-12(13)14/h4-8,11,19H,9H2,1-3H3,(H,20,21)/t17-/m0/s1. The second kappa shape index (κ2) is 6.53. The quantitative estimate of drug-likeness (QED) is 0.828. The Morgan fingerprint density at radius 3 is 2.74 bits per heavy atom.